The van der Waals surface area contributed by atoms with Crippen molar-refractivity contribution in [2.24, 2.45) is 0 Å². The zero-order valence-corrected chi connectivity index (χ0v) is 11.5. The average Bonchev–Trinajstić information content (AvgIpc) is 2.59. The van der Waals surface area contributed by atoms with Gasteiger partial charge in [0, 0.05) is 0 Å². The summed E-state index contributed by atoms with van der Waals surface area (Å²) in [6, 6.07) is 4.24. The SMILES string of the molecule is Cc1cc([I-]c2cc(C)c(C)o2)oc1C. The topological polar surface area (TPSA) is 26.3 Å². The first-order valence-corrected chi connectivity index (χ1v) is 7.01. The molecule has 2 aromatic rings. The molecule has 0 atom stereocenters. The average molecular weight is 317 g/mol. The van der Waals surface area contributed by atoms with Gasteiger partial charge < -0.3 is 0 Å². The van der Waals surface area contributed by atoms with E-state index in [9.17, 15) is 0 Å². The van der Waals surface area contributed by atoms with Crippen LogP contribution >= 0.6 is 0 Å². The maximum absolute atomic E-state index is 5.66. The normalized spacial score (nSPS) is 11.2. The van der Waals surface area contributed by atoms with Gasteiger partial charge in [-0.25, -0.2) is 0 Å². The molecular formula is C12H14IO2-. The number of furan rings is 2. The molecule has 15 heavy (non-hydrogen) atoms. The van der Waals surface area contributed by atoms with Gasteiger partial charge in [0.05, 0.1) is 0 Å². The summed E-state index contributed by atoms with van der Waals surface area (Å²) in [6.45, 7) is 8.15. The first kappa shape index (κ1) is 10.8. The van der Waals surface area contributed by atoms with Crippen molar-refractivity contribution in [3.05, 3.63) is 42.3 Å². The van der Waals surface area contributed by atoms with Gasteiger partial charge in [-0.3, -0.25) is 0 Å². The van der Waals surface area contributed by atoms with Crippen molar-refractivity contribution in [1.82, 2.24) is 0 Å². The predicted molar refractivity (Wildman–Crippen MR) is 53.8 cm³/mol. The van der Waals surface area contributed by atoms with E-state index in [1.54, 1.807) is 0 Å². The molecule has 2 aromatic heterocycles. The molecule has 0 aromatic carbocycles. The van der Waals surface area contributed by atoms with Crippen LogP contribution in [0.3, 0.4) is 0 Å². The van der Waals surface area contributed by atoms with Crippen LogP contribution in [0.4, 0.5) is 0 Å². The second-order valence-electron chi connectivity index (χ2n) is 3.67. The van der Waals surface area contributed by atoms with Gasteiger partial charge in [0.1, 0.15) is 0 Å². The van der Waals surface area contributed by atoms with Crippen LogP contribution in [0.1, 0.15) is 22.6 Å². The molecular weight excluding hydrogens is 303 g/mol. The summed E-state index contributed by atoms with van der Waals surface area (Å²) >= 11 is -0.297. The third kappa shape index (κ3) is 2.27. The summed E-state index contributed by atoms with van der Waals surface area (Å²) in [4.78, 5) is 0. The predicted octanol–water partition coefficient (Wildman–Crippen LogP) is 0.235. The zero-order chi connectivity index (χ0) is 11.0. The molecule has 0 N–H and O–H groups in total. The van der Waals surface area contributed by atoms with Crippen molar-refractivity contribution < 1.29 is 30.0 Å². The molecule has 0 spiro atoms. The fourth-order valence-corrected chi connectivity index (χ4v) is 3.89. The van der Waals surface area contributed by atoms with E-state index in [1.807, 2.05) is 13.8 Å². The molecule has 0 saturated heterocycles. The minimum atomic E-state index is -0.297. The fourth-order valence-electron chi connectivity index (χ4n) is 1.24. The van der Waals surface area contributed by atoms with Crippen LogP contribution in [-0.2, 0) is 0 Å². The van der Waals surface area contributed by atoms with Gasteiger partial charge in [-0.1, -0.05) is 0 Å². The number of rotatable bonds is 2. The van der Waals surface area contributed by atoms with Gasteiger partial charge in [0.25, 0.3) is 0 Å². The van der Waals surface area contributed by atoms with Crippen molar-refractivity contribution in [1.29, 1.82) is 0 Å². The van der Waals surface area contributed by atoms with Crippen LogP contribution in [-0.4, -0.2) is 0 Å². The standard InChI is InChI=1S/C12H14IO2/c1-7-5-11(14-9(7)3)13-12-6-8(2)10(4)15-12/h5-6H,1-4H3/q-1. The number of halogens is 1. The van der Waals surface area contributed by atoms with Gasteiger partial charge in [0.15, 0.2) is 0 Å². The molecule has 2 rings (SSSR count). The molecule has 0 amide bonds. The second-order valence-corrected chi connectivity index (χ2v) is 6.34. The fraction of sp³-hybridized carbons (Fsp3) is 0.333. The van der Waals surface area contributed by atoms with Gasteiger partial charge in [-0.2, -0.15) is 0 Å². The molecule has 0 saturated carbocycles. The van der Waals surface area contributed by atoms with Crippen LogP contribution in [0.25, 0.3) is 0 Å². The summed E-state index contributed by atoms with van der Waals surface area (Å²) in [5.41, 5.74) is 2.45. The Balaban J connectivity index is 2.21. The molecule has 0 fully saturated rings. The van der Waals surface area contributed by atoms with Crippen molar-refractivity contribution in [3.8, 4) is 0 Å². The summed E-state index contributed by atoms with van der Waals surface area (Å²) in [7, 11) is 0. The number of hydrogen-bond acceptors (Lipinski definition) is 2. The Morgan fingerprint density at radius 1 is 0.800 bits per heavy atom. The quantitative estimate of drug-likeness (QED) is 0.742. The van der Waals surface area contributed by atoms with Gasteiger partial charge in [-0.15, -0.1) is 0 Å². The van der Waals surface area contributed by atoms with E-state index in [0.29, 0.717) is 0 Å². The minimum absolute atomic E-state index is 0.297. The summed E-state index contributed by atoms with van der Waals surface area (Å²) < 4.78 is 13.5. The molecule has 3 heteroatoms. The van der Waals surface area contributed by atoms with Crippen molar-refractivity contribution in [2.75, 3.05) is 0 Å². The van der Waals surface area contributed by atoms with Gasteiger partial charge >= 0.3 is 100 Å². The Hall–Kier alpha value is -0.710. The van der Waals surface area contributed by atoms with Crippen molar-refractivity contribution in [3.63, 3.8) is 0 Å². The Kier molecular flexibility index (Phi) is 2.91. The van der Waals surface area contributed by atoms with Crippen LogP contribution in [0.15, 0.2) is 21.0 Å². The summed E-state index contributed by atoms with van der Waals surface area (Å²) in [6.07, 6.45) is 0. The van der Waals surface area contributed by atoms with Crippen LogP contribution in [0, 0.1) is 35.2 Å². The molecule has 0 bridgehead atoms. The molecule has 82 valence electrons. The first-order valence-electron chi connectivity index (χ1n) is 4.85. The molecule has 0 unspecified atom stereocenters. The number of hydrogen-bond donors (Lipinski definition) is 0. The summed E-state index contributed by atoms with van der Waals surface area (Å²) in [5, 5.41) is 0. The van der Waals surface area contributed by atoms with E-state index in [4.69, 9.17) is 8.83 Å². The van der Waals surface area contributed by atoms with Crippen molar-refractivity contribution in [2.45, 2.75) is 27.7 Å². The van der Waals surface area contributed by atoms with Crippen molar-refractivity contribution >= 4 is 0 Å². The van der Waals surface area contributed by atoms with E-state index in [2.05, 4.69) is 26.0 Å². The van der Waals surface area contributed by atoms with E-state index in [1.165, 1.54) is 11.1 Å². The molecule has 2 nitrogen and oxygen atoms in total. The summed E-state index contributed by atoms with van der Waals surface area (Å²) in [5.74, 6) is 2.04. The van der Waals surface area contributed by atoms with E-state index in [-0.39, 0.29) is 21.2 Å². The molecule has 0 radical (unpaired) electrons. The number of aryl methyl sites for hydroxylation is 4. The molecule has 0 aliphatic carbocycles. The zero-order valence-electron chi connectivity index (χ0n) is 9.35. The maximum atomic E-state index is 5.66. The molecule has 0 aliphatic rings. The van der Waals surface area contributed by atoms with Crippen LogP contribution < -0.4 is 21.2 Å². The van der Waals surface area contributed by atoms with Gasteiger partial charge in [0.2, 0.25) is 0 Å². The van der Waals surface area contributed by atoms with Crippen LogP contribution in [0.5, 0.6) is 0 Å². The molecule has 2 heterocycles. The Morgan fingerprint density at radius 2 is 1.20 bits per heavy atom. The van der Waals surface area contributed by atoms with Crippen LogP contribution in [0.2, 0.25) is 0 Å². The second kappa shape index (κ2) is 4.04. The first-order chi connectivity index (χ1) is 7.06. The Bertz CT molecular complexity index is 397. The molecule has 0 aliphatic heterocycles. The van der Waals surface area contributed by atoms with E-state index >= 15 is 0 Å². The third-order valence-corrected chi connectivity index (χ3v) is 4.58. The Labute approximate surface area is 99.9 Å². The van der Waals surface area contributed by atoms with Gasteiger partial charge in [-0.05, 0) is 0 Å². The van der Waals surface area contributed by atoms with E-state index in [0.717, 1.165) is 19.1 Å². The van der Waals surface area contributed by atoms with E-state index < -0.39 is 0 Å². The Morgan fingerprint density at radius 3 is 1.47 bits per heavy atom. The monoisotopic (exact) mass is 317 g/mol. The third-order valence-electron chi connectivity index (χ3n) is 2.46.